The van der Waals surface area contributed by atoms with E-state index in [0.29, 0.717) is 6.54 Å². The van der Waals surface area contributed by atoms with Crippen LogP contribution in [-0.4, -0.2) is 51.4 Å². The van der Waals surface area contributed by atoms with Crippen molar-refractivity contribution < 1.29 is 14.6 Å². The monoisotopic (exact) mass is 539 g/mol. The number of halogens is 1. The van der Waals surface area contributed by atoms with E-state index in [4.69, 9.17) is 16.3 Å². The highest BCUT2D eigenvalue weighted by Crippen LogP contribution is 2.50. The second-order valence-electron chi connectivity index (χ2n) is 11.7. The van der Waals surface area contributed by atoms with Crippen molar-refractivity contribution in [3.05, 3.63) is 45.9 Å². The molecule has 196 valence electrons. The summed E-state index contributed by atoms with van der Waals surface area (Å²) in [6.45, 7) is 7.44. The standard InChI is InChI=1S/C29H34ClN3O3S/c1-28(2,3)36-27(35)33-16-20(15-29(33)8-5-9-29)32-11-4-6-18-12-19(30)13-23(25(18)32)22-7-10-31-24-14-21(17-34)37-26(22)24/h7,10,12-14,20,34H,4-6,8-9,11,15-17H2,1-3H3. The Labute approximate surface area is 227 Å². The molecule has 1 spiro atoms. The largest absolute Gasteiger partial charge is 0.444 e. The first-order valence-electron chi connectivity index (χ1n) is 13.3. The van der Waals surface area contributed by atoms with Gasteiger partial charge < -0.3 is 19.6 Å². The zero-order chi connectivity index (χ0) is 25.9. The summed E-state index contributed by atoms with van der Waals surface area (Å²) in [5.74, 6) is 0. The topological polar surface area (TPSA) is 65.9 Å². The van der Waals surface area contributed by atoms with Crippen LogP contribution in [0.15, 0.2) is 30.5 Å². The van der Waals surface area contributed by atoms with Gasteiger partial charge in [0.15, 0.2) is 0 Å². The van der Waals surface area contributed by atoms with Crippen LogP contribution in [-0.2, 0) is 17.8 Å². The minimum Gasteiger partial charge on any atom is -0.444 e. The fourth-order valence-corrected chi connectivity index (χ4v) is 7.70. The minimum atomic E-state index is -0.511. The third-order valence-corrected chi connectivity index (χ3v) is 9.48. The zero-order valence-corrected chi connectivity index (χ0v) is 23.3. The zero-order valence-electron chi connectivity index (χ0n) is 21.7. The summed E-state index contributed by atoms with van der Waals surface area (Å²) in [5, 5.41) is 10.5. The molecule has 8 heteroatoms. The number of carbonyl (C=O) groups is 1. The van der Waals surface area contributed by atoms with Crippen molar-refractivity contribution in [1.82, 2.24) is 9.88 Å². The molecule has 2 aliphatic heterocycles. The molecule has 2 aromatic heterocycles. The van der Waals surface area contributed by atoms with E-state index in [0.717, 1.165) is 76.3 Å². The van der Waals surface area contributed by atoms with Crippen LogP contribution in [0.2, 0.25) is 5.02 Å². The first kappa shape index (κ1) is 25.0. The predicted molar refractivity (Wildman–Crippen MR) is 150 cm³/mol. The van der Waals surface area contributed by atoms with Gasteiger partial charge in [-0.05, 0) is 89.1 Å². The number of rotatable bonds is 3. The average Bonchev–Trinajstić information content (AvgIpc) is 3.44. The van der Waals surface area contributed by atoms with Crippen LogP contribution < -0.4 is 4.90 Å². The van der Waals surface area contributed by atoms with Crippen molar-refractivity contribution in [3.8, 4) is 11.1 Å². The second kappa shape index (κ2) is 9.14. The predicted octanol–water partition coefficient (Wildman–Crippen LogP) is 6.79. The Morgan fingerprint density at radius 3 is 2.76 bits per heavy atom. The van der Waals surface area contributed by atoms with Gasteiger partial charge in [0.2, 0.25) is 0 Å². The van der Waals surface area contributed by atoms with Crippen molar-refractivity contribution >= 4 is 44.9 Å². The summed E-state index contributed by atoms with van der Waals surface area (Å²) < 4.78 is 6.92. The molecule has 4 heterocycles. The van der Waals surface area contributed by atoms with Gasteiger partial charge in [-0.3, -0.25) is 4.98 Å². The lowest BCUT2D eigenvalue weighted by molar-refractivity contribution is -0.00979. The maximum Gasteiger partial charge on any atom is 0.410 e. The van der Waals surface area contributed by atoms with E-state index in [1.54, 1.807) is 11.3 Å². The number of amides is 1. The number of aromatic nitrogens is 1. The third kappa shape index (κ3) is 4.39. The number of carbonyl (C=O) groups excluding carboxylic acids is 1. The number of aliphatic hydroxyl groups is 1. The number of ether oxygens (including phenoxy) is 1. The van der Waals surface area contributed by atoms with Crippen LogP contribution in [0.5, 0.6) is 0 Å². The molecule has 3 aliphatic rings. The molecule has 2 fully saturated rings. The summed E-state index contributed by atoms with van der Waals surface area (Å²) in [6.07, 6.45) is 7.90. The second-order valence-corrected chi connectivity index (χ2v) is 13.3. The number of fused-ring (bicyclic) bond motifs is 2. The van der Waals surface area contributed by atoms with Crippen LogP contribution in [0.4, 0.5) is 10.5 Å². The quantitative estimate of drug-likeness (QED) is 0.397. The third-order valence-electron chi connectivity index (χ3n) is 8.12. The molecule has 3 aromatic rings. The highest BCUT2D eigenvalue weighted by Gasteiger charge is 2.54. The highest BCUT2D eigenvalue weighted by atomic mass is 35.5. The first-order chi connectivity index (χ1) is 17.7. The van der Waals surface area contributed by atoms with E-state index in [2.05, 4.69) is 28.1 Å². The summed E-state index contributed by atoms with van der Waals surface area (Å²) in [5.41, 5.74) is 4.99. The van der Waals surface area contributed by atoms with E-state index < -0.39 is 5.60 Å². The molecular weight excluding hydrogens is 506 g/mol. The lowest BCUT2D eigenvalue weighted by atomic mass is 9.74. The van der Waals surface area contributed by atoms with E-state index in [1.165, 1.54) is 11.3 Å². The Morgan fingerprint density at radius 1 is 1.24 bits per heavy atom. The van der Waals surface area contributed by atoms with E-state index in [9.17, 15) is 9.90 Å². The molecule has 1 atom stereocenters. The van der Waals surface area contributed by atoms with Crippen molar-refractivity contribution in [2.45, 2.75) is 83.1 Å². The normalized spacial score (nSPS) is 20.8. The van der Waals surface area contributed by atoms with Crippen molar-refractivity contribution in [2.24, 2.45) is 0 Å². The number of anilines is 1. The number of aryl methyl sites for hydroxylation is 1. The van der Waals surface area contributed by atoms with Gasteiger partial charge in [-0.25, -0.2) is 4.79 Å². The summed E-state index contributed by atoms with van der Waals surface area (Å²) >= 11 is 8.27. The highest BCUT2D eigenvalue weighted by molar-refractivity contribution is 7.19. The average molecular weight is 540 g/mol. The van der Waals surface area contributed by atoms with Gasteiger partial charge in [-0.2, -0.15) is 0 Å². The lowest BCUT2D eigenvalue weighted by Gasteiger charge is -2.45. The Kier molecular flexibility index (Phi) is 6.16. The van der Waals surface area contributed by atoms with Gasteiger partial charge in [0.05, 0.1) is 16.8 Å². The van der Waals surface area contributed by atoms with Crippen molar-refractivity contribution in [3.63, 3.8) is 0 Å². The van der Waals surface area contributed by atoms with E-state index in [-0.39, 0.29) is 24.3 Å². The molecule has 6 rings (SSSR count). The Balaban J connectivity index is 1.42. The van der Waals surface area contributed by atoms with Gasteiger partial charge in [0.25, 0.3) is 0 Å². The van der Waals surface area contributed by atoms with Crippen LogP contribution in [0.25, 0.3) is 21.3 Å². The number of hydrogen-bond donors (Lipinski definition) is 1. The maximum absolute atomic E-state index is 13.3. The number of pyridine rings is 1. The molecular formula is C29H34ClN3O3S. The summed E-state index contributed by atoms with van der Waals surface area (Å²) in [6, 6.07) is 8.44. The number of nitrogens with zero attached hydrogens (tertiary/aromatic N) is 3. The number of hydrogen-bond acceptors (Lipinski definition) is 6. The maximum atomic E-state index is 13.3. The Bertz CT molecular complexity index is 1360. The van der Waals surface area contributed by atoms with Gasteiger partial charge in [0, 0.05) is 57.6 Å². The smallest absolute Gasteiger partial charge is 0.410 e. The SMILES string of the molecule is CC(C)(C)OC(=O)N1CC(N2CCCc3cc(Cl)cc(-c4ccnc5cc(CO)sc45)c32)CC12CCC2. The van der Waals surface area contributed by atoms with Crippen LogP contribution in [0.1, 0.15) is 63.3 Å². The van der Waals surface area contributed by atoms with Crippen LogP contribution in [0.3, 0.4) is 0 Å². The van der Waals surface area contributed by atoms with Crippen molar-refractivity contribution in [1.29, 1.82) is 0 Å². The molecule has 1 N–H and O–H groups in total. The lowest BCUT2D eigenvalue weighted by Crippen LogP contribution is -2.53. The number of likely N-dealkylation sites (tertiary alicyclic amines) is 1. The van der Waals surface area contributed by atoms with Crippen LogP contribution >= 0.6 is 22.9 Å². The molecule has 6 nitrogen and oxygen atoms in total. The van der Waals surface area contributed by atoms with Gasteiger partial charge in [0.1, 0.15) is 5.60 Å². The van der Waals surface area contributed by atoms with Gasteiger partial charge >= 0.3 is 6.09 Å². The fraction of sp³-hybridized carbons (Fsp3) is 0.517. The Hall–Kier alpha value is -2.35. The van der Waals surface area contributed by atoms with E-state index >= 15 is 0 Å². The Morgan fingerprint density at radius 2 is 2.05 bits per heavy atom. The van der Waals surface area contributed by atoms with Crippen LogP contribution in [0, 0.1) is 0 Å². The van der Waals surface area contributed by atoms with Gasteiger partial charge in [-0.15, -0.1) is 11.3 Å². The van der Waals surface area contributed by atoms with Crippen molar-refractivity contribution in [2.75, 3.05) is 18.0 Å². The fourth-order valence-electron chi connectivity index (χ4n) is 6.46. The summed E-state index contributed by atoms with van der Waals surface area (Å²) in [7, 11) is 0. The molecule has 0 radical (unpaired) electrons. The molecule has 1 saturated carbocycles. The summed E-state index contributed by atoms with van der Waals surface area (Å²) in [4.78, 5) is 23.3. The molecule has 1 amide bonds. The molecule has 1 unspecified atom stereocenters. The molecule has 0 bridgehead atoms. The molecule has 1 aliphatic carbocycles. The number of thiophene rings is 1. The number of benzene rings is 1. The first-order valence-corrected chi connectivity index (χ1v) is 14.5. The number of aliphatic hydroxyl groups excluding tert-OH is 1. The van der Waals surface area contributed by atoms with Gasteiger partial charge in [-0.1, -0.05) is 11.6 Å². The molecule has 1 aromatic carbocycles. The van der Waals surface area contributed by atoms with E-state index in [1.807, 2.05) is 37.9 Å². The molecule has 37 heavy (non-hydrogen) atoms. The minimum absolute atomic E-state index is 0.00486. The molecule has 1 saturated heterocycles.